The second-order valence-electron chi connectivity index (χ2n) is 3.72. The Morgan fingerprint density at radius 3 is 2.69 bits per heavy atom. The van der Waals surface area contributed by atoms with Gasteiger partial charge in [-0.25, -0.2) is 0 Å². The summed E-state index contributed by atoms with van der Waals surface area (Å²) in [5.74, 6) is 0.689. The molecule has 0 aliphatic heterocycles. The van der Waals surface area contributed by atoms with Crippen molar-refractivity contribution in [3.05, 3.63) is 0 Å². The van der Waals surface area contributed by atoms with E-state index in [4.69, 9.17) is 5.26 Å². The van der Waals surface area contributed by atoms with Crippen molar-refractivity contribution >= 4 is 5.91 Å². The maximum atomic E-state index is 11.5. The summed E-state index contributed by atoms with van der Waals surface area (Å²) in [6.45, 7) is 3.84. The predicted molar refractivity (Wildman–Crippen MR) is 49.7 cm³/mol. The second-order valence-corrected chi connectivity index (χ2v) is 3.72. The van der Waals surface area contributed by atoms with Crippen LogP contribution in [-0.2, 0) is 4.79 Å². The molecule has 1 N–H and O–H groups in total. The minimum absolute atomic E-state index is 0.0379. The standard InChI is InChI=1S/C10H16N2O/c1-3-9(6-11)12-10(13)7(2)8-4-5-8/h7-9H,3-5H2,1-2H3,(H,12,13). The quantitative estimate of drug-likeness (QED) is 0.712. The third-order valence-electron chi connectivity index (χ3n) is 2.62. The Bertz CT molecular complexity index is 228. The summed E-state index contributed by atoms with van der Waals surface area (Å²) in [6, 6.07) is 1.75. The van der Waals surface area contributed by atoms with E-state index in [0.29, 0.717) is 12.3 Å². The van der Waals surface area contributed by atoms with E-state index >= 15 is 0 Å². The number of hydrogen-bond donors (Lipinski definition) is 1. The van der Waals surface area contributed by atoms with Crippen LogP contribution in [0.3, 0.4) is 0 Å². The van der Waals surface area contributed by atoms with Crippen LogP contribution >= 0.6 is 0 Å². The SMILES string of the molecule is CCC(C#N)NC(=O)C(C)C1CC1. The molecule has 72 valence electrons. The number of hydrogen-bond acceptors (Lipinski definition) is 2. The van der Waals surface area contributed by atoms with Gasteiger partial charge in [0.2, 0.25) is 5.91 Å². The molecule has 2 unspecified atom stereocenters. The van der Waals surface area contributed by atoms with Gasteiger partial charge in [0.05, 0.1) is 6.07 Å². The molecule has 1 aliphatic carbocycles. The van der Waals surface area contributed by atoms with E-state index < -0.39 is 0 Å². The summed E-state index contributed by atoms with van der Waals surface area (Å²) in [6.07, 6.45) is 3.01. The van der Waals surface area contributed by atoms with Gasteiger partial charge in [-0.05, 0) is 25.2 Å². The van der Waals surface area contributed by atoms with Gasteiger partial charge >= 0.3 is 0 Å². The highest BCUT2D eigenvalue weighted by atomic mass is 16.1. The van der Waals surface area contributed by atoms with Crippen LogP contribution in [0, 0.1) is 23.2 Å². The maximum Gasteiger partial charge on any atom is 0.224 e. The molecule has 0 aromatic heterocycles. The topological polar surface area (TPSA) is 52.9 Å². The number of carbonyl (C=O) groups excluding carboxylic acids is 1. The summed E-state index contributed by atoms with van der Waals surface area (Å²) < 4.78 is 0. The fourth-order valence-corrected chi connectivity index (χ4v) is 1.34. The van der Waals surface area contributed by atoms with Gasteiger partial charge in [-0.3, -0.25) is 4.79 Å². The zero-order valence-corrected chi connectivity index (χ0v) is 8.21. The van der Waals surface area contributed by atoms with Crippen molar-refractivity contribution in [1.29, 1.82) is 5.26 Å². The second kappa shape index (κ2) is 4.27. The normalized spacial score (nSPS) is 20.1. The number of carbonyl (C=O) groups is 1. The zero-order chi connectivity index (χ0) is 9.84. The van der Waals surface area contributed by atoms with Crippen molar-refractivity contribution in [2.45, 2.75) is 39.2 Å². The fraction of sp³-hybridized carbons (Fsp3) is 0.800. The number of amides is 1. The molecule has 1 fully saturated rings. The van der Waals surface area contributed by atoms with Crippen LogP contribution < -0.4 is 5.32 Å². The van der Waals surface area contributed by atoms with E-state index in [2.05, 4.69) is 11.4 Å². The van der Waals surface area contributed by atoms with Crippen LogP contribution in [0.5, 0.6) is 0 Å². The molecule has 13 heavy (non-hydrogen) atoms. The van der Waals surface area contributed by atoms with E-state index in [-0.39, 0.29) is 17.9 Å². The molecule has 3 heteroatoms. The molecule has 1 saturated carbocycles. The van der Waals surface area contributed by atoms with Crippen molar-refractivity contribution in [2.75, 3.05) is 0 Å². The smallest absolute Gasteiger partial charge is 0.224 e. The zero-order valence-electron chi connectivity index (χ0n) is 8.21. The van der Waals surface area contributed by atoms with Gasteiger partial charge in [-0.2, -0.15) is 5.26 Å². The Balaban J connectivity index is 2.35. The molecule has 0 radical (unpaired) electrons. The summed E-state index contributed by atoms with van der Waals surface area (Å²) in [4.78, 5) is 11.5. The Morgan fingerprint density at radius 2 is 2.31 bits per heavy atom. The lowest BCUT2D eigenvalue weighted by Crippen LogP contribution is -2.37. The van der Waals surface area contributed by atoms with E-state index in [1.54, 1.807) is 0 Å². The summed E-state index contributed by atoms with van der Waals surface area (Å²) in [5.41, 5.74) is 0. The van der Waals surface area contributed by atoms with Crippen molar-refractivity contribution in [3.8, 4) is 6.07 Å². The minimum atomic E-state index is -0.311. The van der Waals surface area contributed by atoms with Gasteiger partial charge in [0.25, 0.3) is 0 Å². The largest absolute Gasteiger partial charge is 0.340 e. The predicted octanol–water partition coefficient (Wildman–Crippen LogP) is 1.45. The van der Waals surface area contributed by atoms with Crippen LogP contribution in [0.4, 0.5) is 0 Å². The molecule has 3 nitrogen and oxygen atoms in total. The van der Waals surface area contributed by atoms with Crippen LogP contribution in [0.15, 0.2) is 0 Å². The summed E-state index contributed by atoms with van der Waals surface area (Å²) >= 11 is 0. The molecule has 0 aromatic carbocycles. The minimum Gasteiger partial charge on any atom is -0.340 e. The molecule has 0 aromatic rings. The summed E-state index contributed by atoms with van der Waals surface area (Å²) in [5, 5.41) is 11.4. The van der Waals surface area contributed by atoms with Gasteiger partial charge in [0.1, 0.15) is 6.04 Å². The fourth-order valence-electron chi connectivity index (χ4n) is 1.34. The van der Waals surface area contributed by atoms with Crippen LogP contribution in [-0.4, -0.2) is 11.9 Å². The highest BCUT2D eigenvalue weighted by Crippen LogP contribution is 2.36. The Kier molecular flexibility index (Phi) is 3.30. The van der Waals surface area contributed by atoms with Crippen molar-refractivity contribution in [3.63, 3.8) is 0 Å². The van der Waals surface area contributed by atoms with E-state index in [9.17, 15) is 4.79 Å². The third kappa shape index (κ3) is 2.73. The molecule has 1 amide bonds. The lowest BCUT2D eigenvalue weighted by atomic mass is 10.1. The first-order valence-corrected chi connectivity index (χ1v) is 4.89. The van der Waals surface area contributed by atoms with Crippen molar-refractivity contribution in [1.82, 2.24) is 5.32 Å². The number of rotatable bonds is 4. The van der Waals surface area contributed by atoms with Gasteiger partial charge < -0.3 is 5.32 Å². The molecule has 0 bridgehead atoms. The van der Waals surface area contributed by atoms with Gasteiger partial charge in [0, 0.05) is 5.92 Å². The van der Waals surface area contributed by atoms with Crippen molar-refractivity contribution < 1.29 is 4.79 Å². The molecule has 0 saturated heterocycles. The Hall–Kier alpha value is -1.04. The van der Waals surface area contributed by atoms with E-state index in [0.717, 1.165) is 12.8 Å². The average molecular weight is 180 g/mol. The average Bonchev–Trinajstić information content (AvgIpc) is 2.95. The van der Waals surface area contributed by atoms with Gasteiger partial charge in [-0.15, -0.1) is 0 Å². The van der Waals surface area contributed by atoms with Crippen LogP contribution in [0.2, 0.25) is 0 Å². The molecule has 1 aliphatic rings. The first-order chi connectivity index (χ1) is 6.19. The molecule has 2 atom stereocenters. The number of nitriles is 1. The molecule has 0 spiro atoms. The monoisotopic (exact) mass is 180 g/mol. The first-order valence-electron chi connectivity index (χ1n) is 4.89. The molecule has 1 rings (SSSR count). The van der Waals surface area contributed by atoms with Gasteiger partial charge in [0.15, 0.2) is 0 Å². The Labute approximate surface area is 79.1 Å². The van der Waals surface area contributed by atoms with Crippen molar-refractivity contribution in [2.24, 2.45) is 11.8 Å². The molecular weight excluding hydrogens is 164 g/mol. The number of nitrogens with zero attached hydrogens (tertiary/aromatic N) is 1. The van der Waals surface area contributed by atoms with Crippen LogP contribution in [0.1, 0.15) is 33.1 Å². The van der Waals surface area contributed by atoms with E-state index in [1.807, 2.05) is 13.8 Å². The first kappa shape index (κ1) is 10.0. The Morgan fingerprint density at radius 1 is 1.69 bits per heavy atom. The lowest BCUT2D eigenvalue weighted by molar-refractivity contribution is -0.125. The van der Waals surface area contributed by atoms with Gasteiger partial charge in [-0.1, -0.05) is 13.8 Å². The summed E-state index contributed by atoms with van der Waals surface area (Å²) in [7, 11) is 0. The molecule has 0 heterocycles. The highest BCUT2D eigenvalue weighted by Gasteiger charge is 2.33. The van der Waals surface area contributed by atoms with Crippen LogP contribution in [0.25, 0.3) is 0 Å². The third-order valence-corrected chi connectivity index (χ3v) is 2.62. The highest BCUT2D eigenvalue weighted by molar-refractivity contribution is 5.79. The maximum absolute atomic E-state index is 11.5. The van der Waals surface area contributed by atoms with E-state index in [1.165, 1.54) is 0 Å². The lowest BCUT2D eigenvalue weighted by Gasteiger charge is -2.13. The molecular formula is C10H16N2O. The number of nitrogens with one attached hydrogen (secondary N) is 1.